The van der Waals surface area contributed by atoms with E-state index in [1.165, 1.54) is 0 Å². The second-order valence-corrected chi connectivity index (χ2v) is 9.35. The van der Waals surface area contributed by atoms with Crippen LogP contribution in [0.3, 0.4) is 0 Å². The summed E-state index contributed by atoms with van der Waals surface area (Å²) in [6.07, 6.45) is 7.16. The van der Waals surface area contributed by atoms with Crippen molar-refractivity contribution in [3.63, 3.8) is 0 Å². The largest absolute Gasteiger partial charge is 0.353 e. The SMILES string of the molecule is NC1CN(c2cncc(-c3cnc4[nH]nc(-c5cc6c(-c7cccs7)nccc6[nH]5)c4c3)n2)C1. The molecule has 0 aliphatic carbocycles. The average Bonchev–Trinajstić information content (AvgIpc) is 3.60. The second kappa shape index (κ2) is 7.44. The zero-order chi connectivity index (χ0) is 22.6. The monoisotopic (exact) mass is 465 g/mol. The van der Waals surface area contributed by atoms with Crippen LogP contribution in [0.25, 0.3) is 55.2 Å². The molecule has 1 aliphatic heterocycles. The van der Waals surface area contributed by atoms with Crippen molar-refractivity contribution in [2.45, 2.75) is 6.04 Å². The van der Waals surface area contributed by atoms with Gasteiger partial charge in [0.05, 0.1) is 34.4 Å². The predicted octanol–water partition coefficient (Wildman–Crippen LogP) is 3.83. The van der Waals surface area contributed by atoms with Crippen LogP contribution in [-0.2, 0) is 0 Å². The van der Waals surface area contributed by atoms with Gasteiger partial charge in [0.15, 0.2) is 5.65 Å². The molecule has 0 atom stereocenters. The molecule has 166 valence electrons. The number of hydrogen-bond acceptors (Lipinski definition) is 8. The maximum Gasteiger partial charge on any atom is 0.155 e. The van der Waals surface area contributed by atoms with Gasteiger partial charge in [0.1, 0.15) is 11.5 Å². The Labute approximate surface area is 197 Å². The minimum absolute atomic E-state index is 0.198. The minimum atomic E-state index is 0.198. The lowest BCUT2D eigenvalue weighted by atomic mass is 10.1. The molecule has 1 fully saturated rings. The highest BCUT2D eigenvalue weighted by Crippen LogP contribution is 2.35. The Morgan fingerprint density at radius 2 is 1.97 bits per heavy atom. The number of aromatic amines is 2. The minimum Gasteiger partial charge on any atom is -0.353 e. The number of aromatic nitrogens is 7. The molecule has 34 heavy (non-hydrogen) atoms. The van der Waals surface area contributed by atoms with Gasteiger partial charge in [-0.1, -0.05) is 6.07 Å². The summed E-state index contributed by atoms with van der Waals surface area (Å²) < 4.78 is 0. The van der Waals surface area contributed by atoms with Crippen molar-refractivity contribution >= 4 is 39.1 Å². The van der Waals surface area contributed by atoms with Crippen LogP contribution in [0.1, 0.15) is 0 Å². The van der Waals surface area contributed by atoms with Gasteiger partial charge in [0.2, 0.25) is 0 Å². The van der Waals surface area contributed by atoms with Crippen LogP contribution >= 0.6 is 11.3 Å². The second-order valence-electron chi connectivity index (χ2n) is 8.40. The Kier molecular flexibility index (Phi) is 4.23. The Morgan fingerprint density at radius 3 is 2.82 bits per heavy atom. The van der Waals surface area contributed by atoms with E-state index in [4.69, 9.17) is 10.7 Å². The van der Waals surface area contributed by atoms with E-state index in [1.807, 2.05) is 18.3 Å². The Balaban J connectivity index is 1.31. The van der Waals surface area contributed by atoms with E-state index in [-0.39, 0.29) is 6.04 Å². The summed E-state index contributed by atoms with van der Waals surface area (Å²) in [4.78, 5) is 25.2. The highest BCUT2D eigenvalue weighted by Gasteiger charge is 2.25. The van der Waals surface area contributed by atoms with E-state index in [2.05, 4.69) is 58.6 Å². The summed E-state index contributed by atoms with van der Waals surface area (Å²) in [5.74, 6) is 0.830. The summed E-state index contributed by atoms with van der Waals surface area (Å²) in [6.45, 7) is 1.59. The molecular weight excluding hydrogens is 446 g/mol. The van der Waals surface area contributed by atoms with Crippen molar-refractivity contribution < 1.29 is 0 Å². The molecule has 0 amide bonds. The number of rotatable bonds is 4. The van der Waals surface area contributed by atoms with E-state index >= 15 is 0 Å². The zero-order valence-electron chi connectivity index (χ0n) is 17.9. The molecule has 4 N–H and O–H groups in total. The van der Waals surface area contributed by atoms with Crippen molar-refractivity contribution in [1.29, 1.82) is 0 Å². The molecule has 0 spiro atoms. The highest BCUT2D eigenvalue weighted by molar-refractivity contribution is 7.13. The Hall–Kier alpha value is -4.15. The van der Waals surface area contributed by atoms with Gasteiger partial charge in [-0.25, -0.2) is 9.97 Å². The maximum absolute atomic E-state index is 5.93. The number of anilines is 1. The first-order valence-electron chi connectivity index (χ1n) is 10.9. The van der Waals surface area contributed by atoms with E-state index in [0.717, 1.165) is 68.4 Å². The lowest BCUT2D eigenvalue weighted by molar-refractivity contribution is 0.514. The number of fused-ring (bicyclic) bond motifs is 2. The van der Waals surface area contributed by atoms with Gasteiger partial charge in [-0.2, -0.15) is 5.10 Å². The highest BCUT2D eigenvalue weighted by atomic mass is 32.1. The molecule has 6 aromatic rings. The van der Waals surface area contributed by atoms with Crippen LogP contribution in [0.2, 0.25) is 0 Å². The van der Waals surface area contributed by atoms with Crippen LogP contribution in [-0.4, -0.2) is 54.2 Å². The third kappa shape index (κ3) is 3.07. The Morgan fingerprint density at radius 1 is 1.03 bits per heavy atom. The lowest BCUT2D eigenvalue weighted by Crippen LogP contribution is -2.56. The Bertz CT molecular complexity index is 1640. The maximum atomic E-state index is 5.93. The smallest absolute Gasteiger partial charge is 0.155 e. The van der Waals surface area contributed by atoms with Gasteiger partial charge >= 0.3 is 0 Å². The average molecular weight is 466 g/mol. The van der Waals surface area contributed by atoms with E-state index in [9.17, 15) is 0 Å². The van der Waals surface area contributed by atoms with Gasteiger partial charge < -0.3 is 15.6 Å². The molecule has 0 bridgehead atoms. The topological polar surface area (TPSA) is 125 Å². The molecule has 0 saturated carbocycles. The van der Waals surface area contributed by atoms with E-state index in [0.29, 0.717) is 5.65 Å². The quantitative estimate of drug-likeness (QED) is 0.361. The first kappa shape index (κ1) is 19.3. The van der Waals surface area contributed by atoms with Gasteiger partial charge in [-0.15, -0.1) is 11.3 Å². The van der Waals surface area contributed by atoms with Gasteiger partial charge in [-0.3, -0.25) is 15.1 Å². The third-order valence-electron chi connectivity index (χ3n) is 6.13. The van der Waals surface area contributed by atoms with E-state index < -0.39 is 0 Å². The van der Waals surface area contributed by atoms with Crippen molar-refractivity contribution in [1.82, 2.24) is 35.1 Å². The number of nitrogens with two attached hydrogens (primary N) is 1. The molecule has 9 nitrogen and oxygen atoms in total. The van der Waals surface area contributed by atoms with E-state index in [1.54, 1.807) is 29.9 Å². The molecule has 0 unspecified atom stereocenters. The molecular formula is C24H19N9S. The first-order valence-corrected chi connectivity index (χ1v) is 11.8. The third-order valence-corrected chi connectivity index (χ3v) is 7.00. The fourth-order valence-corrected chi connectivity index (χ4v) is 5.12. The summed E-state index contributed by atoms with van der Waals surface area (Å²) in [5.41, 5.74) is 12.0. The first-order chi connectivity index (χ1) is 16.7. The number of nitrogens with zero attached hydrogens (tertiary/aromatic N) is 6. The van der Waals surface area contributed by atoms with Crippen LogP contribution < -0.4 is 10.6 Å². The van der Waals surface area contributed by atoms with Crippen molar-refractivity contribution in [2.75, 3.05) is 18.0 Å². The van der Waals surface area contributed by atoms with Crippen LogP contribution in [0, 0.1) is 0 Å². The molecule has 10 heteroatoms. The molecule has 1 aliphatic rings. The summed E-state index contributed by atoms with van der Waals surface area (Å²) in [5, 5.41) is 11.7. The number of thiophene rings is 1. The predicted molar refractivity (Wildman–Crippen MR) is 134 cm³/mol. The number of pyridine rings is 2. The lowest BCUT2D eigenvalue weighted by Gasteiger charge is -2.37. The molecule has 1 saturated heterocycles. The van der Waals surface area contributed by atoms with Gasteiger partial charge in [0, 0.05) is 53.4 Å². The van der Waals surface area contributed by atoms with Crippen molar-refractivity contribution in [2.24, 2.45) is 5.73 Å². The van der Waals surface area contributed by atoms with Gasteiger partial charge in [-0.05, 0) is 29.6 Å². The molecule has 7 rings (SSSR count). The summed E-state index contributed by atoms with van der Waals surface area (Å²) >= 11 is 1.68. The number of H-pyrrole nitrogens is 2. The van der Waals surface area contributed by atoms with Crippen LogP contribution in [0.4, 0.5) is 5.82 Å². The standard InChI is InChI=1S/C24H19N9S/c25-14-11-33(12-14)21-10-26-9-19(30-21)13-6-16-22(31-32-24(16)28-8-13)18-7-15-17(29-18)3-4-27-23(15)20-2-1-5-34-20/h1-10,14,29H,11-12,25H2,(H,28,31,32). The zero-order valence-corrected chi connectivity index (χ0v) is 18.8. The molecule has 0 radical (unpaired) electrons. The van der Waals surface area contributed by atoms with Crippen molar-refractivity contribution in [3.05, 3.63) is 60.5 Å². The summed E-state index contributed by atoms with van der Waals surface area (Å²) in [7, 11) is 0. The molecule has 0 aromatic carbocycles. The fourth-order valence-electron chi connectivity index (χ4n) is 4.39. The van der Waals surface area contributed by atoms with Crippen molar-refractivity contribution in [3.8, 4) is 33.2 Å². The summed E-state index contributed by atoms with van der Waals surface area (Å²) in [6, 6.07) is 10.5. The normalized spacial score (nSPS) is 14.2. The van der Waals surface area contributed by atoms with Crippen LogP contribution in [0.5, 0.6) is 0 Å². The molecule has 7 heterocycles. The van der Waals surface area contributed by atoms with Gasteiger partial charge in [0.25, 0.3) is 0 Å². The molecule has 6 aromatic heterocycles. The van der Waals surface area contributed by atoms with Crippen LogP contribution in [0.15, 0.2) is 60.5 Å². The fraction of sp³-hybridized carbons (Fsp3) is 0.125. The number of nitrogens with one attached hydrogen (secondary N) is 2. The number of hydrogen-bond donors (Lipinski definition) is 3.